The predicted octanol–water partition coefficient (Wildman–Crippen LogP) is 8.70. The molecule has 51 heavy (non-hydrogen) atoms. The van der Waals surface area contributed by atoms with Crippen molar-refractivity contribution < 1.29 is 28.6 Å². The van der Waals surface area contributed by atoms with Crippen LogP contribution in [0.1, 0.15) is 64.5 Å². The summed E-state index contributed by atoms with van der Waals surface area (Å²) >= 11 is 0. The molecule has 0 heterocycles. The molecule has 0 N–H and O–H groups in total. The minimum atomic E-state index is -0.381. The topological polar surface area (TPSA) is 78.9 Å². The Kier molecular flexibility index (Phi) is 12.2. The molecule has 0 fully saturated rings. The van der Waals surface area contributed by atoms with Crippen LogP contribution in [0.3, 0.4) is 0 Å². The molecule has 0 aliphatic carbocycles. The predicted molar refractivity (Wildman–Crippen MR) is 197 cm³/mol. The molecule has 254 valence electrons. The Labute approximate surface area is 298 Å². The number of benzene rings is 6. The van der Waals surface area contributed by atoms with E-state index in [9.17, 15) is 14.4 Å². The van der Waals surface area contributed by atoms with Crippen LogP contribution in [0, 0.1) is 0 Å². The van der Waals surface area contributed by atoms with Crippen LogP contribution >= 0.6 is 0 Å². The van der Waals surface area contributed by atoms with E-state index in [1.165, 1.54) is 0 Å². The molecule has 0 saturated carbocycles. The average Bonchev–Trinajstić information content (AvgIpc) is 3.20. The zero-order chi connectivity index (χ0) is 35.3. The van der Waals surface area contributed by atoms with Gasteiger partial charge in [-0.2, -0.15) is 0 Å². The largest absolute Gasteiger partial charge is 0.374 e. The summed E-state index contributed by atoms with van der Waals surface area (Å²) in [6.07, 6.45) is -0.381. The van der Waals surface area contributed by atoms with Gasteiger partial charge in [-0.25, -0.2) is 0 Å². The van der Waals surface area contributed by atoms with Gasteiger partial charge in [0.2, 0.25) is 0 Å². The molecule has 0 unspecified atom stereocenters. The molecule has 0 saturated heterocycles. The molecule has 0 radical (unpaired) electrons. The lowest BCUT2D eigenvalue weighted by atomic mass is 10.0. The third kappa shape index (κ3) is 9.90. The normalized spacial score (nSPS) is 11.0. The molecule has 6 heteroatoms. The van der Waals surface area contributed by atoms with Crippen LogP contribution < -0.4 is 0 Å². The fourth-order valence-corrected chi connectivity index (χ4v) is 5.50. The summed E-state index contributed by atoms with van der Waals surface area (Å²) in [4.78, 5) is 38.4. The molecule has 6 aromatic rings. The maximum Gasteiger partial charge on any atom is 0.193 e. The van der Waals surface area contributed by atoms with Crippen LogP contribution in [0.2, 0.25) is 0 Å². The molecule has 0 aromatic heterocycles. The van der Waals surface area contributed by atoms with E-state index in [2.05, 4.69) is 0 Å². The summed E-state index contributed by atoms with van der Waals surface area (Å²) in [6.45, 7) is 1.54. The number of ketones is 3. The van der Waals surface area contributed by atoms with E-state index in [1.807, 2.05) is 152 Å². The summed E-state index contributed by atoms with van der Waals surface area (Å²) < 4.78 is 18.4. The summed E-state index contributed by atoms with van der Waals surface area (Å²) in [7, 11) is 0. The van der Waals surface area contributed by atoms with Crippen LogP contribution in [0.5, 0.6) is 0 Å². The van der Waals surface area contributed by atoms with Crippen LogP contribution in [-0.2, 0) is 34.0 Å². The molecule has 6 nitrogen and oxygen atoms in total. The third-order valence-electron chi connectivity index (χ3n) is 8.39. The highest BCUT2D eigenvalue weighted by molar-refractivity contribution is 6.10. The van der Waals surface area contributed by atoms with Gasteiger partial charge < -0.3 is 14.2 Å². The van der Waals surface area contributed by atoms with Crippen molar-refractivity contribution in [1.29, 1.82) is 0 Å². The summed E-state index contributed by atoms with van der Waals surface area (Å²) in [6, 6.07) is 49.9. The standard InChI is InChI=1S/C45H38O6/c46-43(36-10-4-1-5-11-36)39-22-16-33(17-23-39)28-49-31-42(51-30-35-20-26-41(27-21-35)45(48)38-14-8-3-9-15-38)32-50-29-34-18-24-40(25-19-34)44(47)37-12-6-2-7-13-37/h1-27,42H,28-32H2. The first-order valence-electron chi connectivity index (χ1n) is 16.9. The van der Waals surface area contributed by atoms with E-state index in [1.54, 1.807) is 12.1 Å². The van der Waals surface area contributed by atoms with Gasteiger partial charge >= 0.3 is 0 Å². The summed E-state index contributed by atoms with van der Waals surface area (Å²) in [5.74, 6) is -0.0789. The quantitative estimate of drug-likeness (QED) is 0.0901. The number of ether oxygens (including phenoxy) is 3. The first kappa shape index (κ1) is 35.1. The smallest absolute Gasteiger partial charge is 0.193 e. The molecule has 0 bridgehead atoms. The lowest BCUT2D eigenvalue weighted by Gasteiger charge is -2.19. The van der Waals surface area contributed by atoms with Crippen LogP contribution in [-0.4, -0.2) is 36.7 Å². The Hall–Kier alpha value is -5.79. The molecule has 0 atom stereocenters. The minimum Gasteiger partial charge on any atom is -0.374 e. The van der Waals surface area contributed by atoms with Crippen molar-refractivity contribution in [2.24, 2.45) is 0 Å². The maximum atomic E-state index is 12.8. The minimum absolute atomic E-state index is 0.0245. The number of hydrogen-bond donors (Lipinski definition) is 0. The van der Waals surface area contributed by atoms with Gasteiger partial charge in [0.1, 0.15) is 6.10 Å². The zero-order valence-electron chi connectivity index (χ0n) is 28.2. The lowest BCUT2D eigenvalue weighted by molar-refractivity contribution is -0.0729. The highest BCUT2D eigenvalue weighted by atomic mass is 16.6. The van der Waals surface area contributed by atoms with Crippen LogP contribution in [0.4, 0.5) is 0 Å². The Bertz CT molecular complexity index is 1910. The molecular formula is C45H38O6. The van der Waals surface area contributed by atoms with Gasteiger partial charge in [-0.05, 0) is 16.7 Å². The molecule has 0 aliphatic rings. The first-order chi connectivity index (χ1) is 25.0. The summed E-state index contributed by atoms with van der Waals surface area (Å²) in [5, 5.41) is 0. The van der Waals surface area contributed by atoms with Gasteiger partial charge in [0.05, 0.1) is 33.0 Å². The highest BCUT2D eigenvalue weighted by Gasteiger charge is 2.14. The van der Waals surface area contributed by atoms with E-state index in [0.717, 1.165) is 16.7 Å². The Morgan fingerprint density at radius 3 is 0.941 bits per heavy atom. The molecule has 0 aliphatic heterocycles. The Morgan fingerprint density at radius 1 is 0.353 bits per heavy atom. The molecular weight excluding hydrogens is 636 g/mol. The molecule has 0 amide bonds. The van der Waals surface area contributed by atoms with E-state index >= 15 is 0 Å². The maximum absolute atomic E-state index is 12.8. The average molecular weight is 675 g/mol. The van der Waals surface area contributed by atoms with Gasteiger partial charge in [-0.3, -0.25) is 14.4 Å². The van der Waals surface area contributed by atoms with Crippen LogP contribution in [0.15, 0.2) is 164 Å². The molecule has 6 aromatic carbocycles. The highest BCUT2D eigenvalue weighted by Crippen LogP contribution is 2.16. The van der Waals surface area contributed by atoms with Crippen molar-refractivity contribution in [3.05, 3.63) is 214 Å². The SMILES string of the molecule is O=C(c1ccccc1)c1ccc(COCC(COCc2ccc(C(=O)c3ccccc3)cc2)OCc2ccc(C(=O)c3ccccc3)cc2)cc1. The fraction of sp³-hybridized carbons (Fsp3) is 0.133. The number of hydrogen-bond acceptors (Lipinski definition) is 6. The van der Waals surface area contributed by atoms with E-state index in [4.69, 9.17) is 14.2 Å². The van der Waals surface area contributed by atoms with E-state index in [-0.39, 0.29) is 36.7 Å². The monoisotopic (exact) mass is 674 g/mol. The molecule has 0 spiro atoms. The summed E-state index contributed by atoms with van der Waals surface area (Å²) in [5.41, 5.74) is 6.58. The van der Waals surface area contributed by atoms with Crippen molar-refractivity contribution in [3.8, 4) is 0 Å². The zero-order valence-corrected chi connectivity index (χ0v) is 28.2. The van der Waals surface area contributed by atoms with Gasteiger partial charge in [-0.1, -0.05) is 164 Å². The number of carbonyl (C=O) groups is 3. The Balaban J connectivity index is 1.04. The second-order valence-electron chi connectivity index (χ2n) is 12.1. The second-order valence-corrected chi connectivity index (χ2v) is 12.1. The lowest BCUT2D eigenvalue weighted by Crippen LogP contribution is -2.25. The van der Waals surface area contributed by atoms with Gasteiger partial charge in [-0.15, -0.1) is 0 Å². The van der Waals surface area contributed by atoms with Gasteiger partial charge in [0, 0.05) is 33.4 Å². The second kappa shape index (κ2) is 17.7. The van der Waals surface area contributed by atoms with E-state index < -0.39 is 0 Å². The van der Waals surface area contributed by atoms with Gasteiger partial charge in [0.25, 0.3) is 0 Å². The fourth-order valence-electron chi connectivity index (χ4n) is 5.50. The molecule has 6 rings (SSSR count). The van der Waals surface area contributed by atoms with Crippen LogP contribution in [0.25, 0.3) is 0 Å². The number of rotatable bonds is 17. The van der Waals surface area contributed by atoms with Crippen molar-refractivity contribution >= 4 is 17.3 Å². The first-order valence-corrected chi connectivity index (χ1v) is 16.9. The number of carbonyl (C=O) groups excluding carboxylic acids is 3. The third-order valence-corrected chi connectivity index (χ3v) is 8.39. The Morgan fingerprint density at radius 2 is 0.627 bits per heavy atom. The van der Waals surface area contributed by atoms with Crippen molar-refractivity contribution in [1.82, 2.24) is 0 Å². The van der Waals surface area contributed by atoms with E-state index in [0.29, 0.717) is 53.2 Å². The van der Waals surface area contributed by atoms with Crippen molar-refractivity contribution in [2.45, 2.75) is 25.9 Å². The van der Waals surface area contributed by atoms with Crippen molar-refractivity contribution in [2.75, 3.05) is 13.2 Å². The van der Waals surface area contributed by atoms with Gasteiger partial charge in [0.15, 0.2) is 17.3 Å². The van der Waals surface area contributed by atoms with Crippen molar-refractivity contribution in [3.63, 3.8) is 0 Å².